The molecule has 3 heterocycles. The highest BCUT2D eigenvalue weighted by molar-refractivity contribution is 5.79. The van der Waals surface area contributed by atoms with E-state index in [9.17, 15) is 4.79 Å². The smallest absolute Gasteiger partial charge is 0.250 e. The zero-order valence-electron chi connectivity index (χ0n) is 14.7. The van der Waals surface area contributed by atoms with Crippen molar-refractivity contribution in [2.45, 2.75) is 25.5 Å². The summed E-state index contributed by atoms with van der Waals surface area (Å²) in [5, 5.41) is 1.58. The molecule has 0 unspecified atom stereocenters. The lowest BCUT2D eigenvalue weighted by Gasteiger charge is -2.40. The van der Waals surface area contributed by atoms with Gasteiger partial charge in [-0.15, -0.1) is 0 Å². The third-order valence-electron chi connectivity index (χ3n) is 5.55. The highest BCUT2D eigenvalue weighted by Crippen LogP contribution is 2.35. The van der Waals surface area contributed by atoms with E-state index in [0.717, 1.165) is 44.8 Å². The van der Waals surface area contributed by atoms with Gasteiger partial charge < -0.3 is 9.47 Å². The zero-order chi connectivity index (χ0) is 17.2. The number of hydrogen-bond acceptors (Lipinski definition) is 5. The number of hydrogen-bond donors (Lipinski definition) is 0. The monoisotopic (exact) mass is 346 g/mol. The van der Waals surface area contributed by atoms with E-state index in [1.807, 2.05) is 12.1 Å². The van der Waals surface area contributed by atoms with Crippen LogP contribution >= 0.6 is 0 Å². The van der Waals surface area contributed by atoms with Crippen LogP contribution in [0.4, 0.5) is 0 Å². The largest absolute Gasteiger partial charge is 0.497 e. The summed E-state index contributed by atoms with van der Waals surface area (Å²) >= 11 is 0. The summed E-state index contributed by atoms with van der Waals surface area (Å²) in [6, 6.07) is 8.13. The van der Waals surface area contributed by atoms with Crippen LogP contribution in [0.1, 0.15) is 18.4 Å². The Balaban J connectivity index is 1.46. The molecule has 0 spiro atoms. The SMILES string of the molecule is COc1ccc(CN2C[C@@H]3OCC[C@@H]3[C@H](C(=O)N3CCCO3)C2)cc1. The summed E-state index contributed by atoms with van der Waals surface area (Å²) in [5.74, 6) is 1.29. The maximum Gasteiger partial charge on any atom is 0.250 e. The minimum Gasteiger partial charge on any atom is -0.497 e. The average molecular weight is 346 g/mol. The van der Waals surface area contributed by atoms with Crippen LogP contribution in [0.25, 0.3) is 0 Å². The zero-order valence-corrected chi connectivity index (χ0v) is 14.7. The van der Waals surface area contributed by atoms with Gasteiger partial charge in [0, 0.05) is 32.2 Å². The van der Waals surface area contributed by atoms with Gasteiger partial charge in [-0.05, 0) is 30.5 Å². The summed E-state index contributed by atoms with van der Waals surface area (Å²) in [4.78, 5) is 20.8. The normalized spacial score (nSPS) is 29.6. The highest BCUT2D eigenvalue weighted by atomic mass is 16.7. The third-order valence-corrected chi connectivity index (χ3v) is 5.55. The maximum absolute atomic E-state index is 12.9. The number of amides is 1. The fourth-order valence-electron chi connectivity index (χ4n) is 4.24. The molecule has 1 aromatic carbocycles. The molecule has 0 bridgehead atoms. The van der Waals surface area contributed by atoms with Gasteiger partial charge in [0.25, 0.3) is 5.91 Å². The number of benzene rings is 1. The number of ether oxygens (including phenoxy) is 2. The van der Waals surface area contributed by atoms with E-state index < -0.39 is 0 Å². The lowest BCUT2D eigenvalue weighted by Crippen LogP contribution is -2.52. The van der Waals surface area contributed by atoms with Crippen molar-refractivity contribution in [2.75, 3.05) is 40.0 Å². The molecule has 0 N–H and O–H groups in total. The van der Waals surface area contributed by atoms with E-state index in [-0.39, 0.29) is 17.9 Å². The van der Waals surface area contributed by atoms with Crippen LogP contribution in [0.3, 0.4) is 0 Å². The number of rotatable bonds is 4. The first-order valence-electron chi connectivity index (χ1n) is 9.16. The molecular weight excluding hydrogens is 320 g/mol. The molecule has 0 aliphatic carbocycles. The summed E-state index contributed by atoms with van der Waals surface area (Å²) < 4.78 is 11.2. The van der Waals surface area contributed by atoms with E-state index >= 15 is 0 Å². The van der Waals surface area contributed by atoms with Gasteiger partial charge in [-0.3, -0.25) is 14.5 Å². The van der Waals surface area contributed by atoms with E-state index in [4.69, 9.17) is 14.3 Å². The Morgan fingerprint density at radius 1 is 1.24 bits per heavy atom. The van der Waals surface area contributed by atoms with E-state index in [2.05, 4.69) is 17.0 Å². The molecule has 25 heavy (non-hydrogen) atoms. The van der Waals surface area contributed by atoms with E-state index in [0.29, 0.717) is 19.1 Å². The van der Waals surface area contributed by atoms with Crippen LogP contribution in [-0.4, -0.2) is 61.9 Å². The second-order valence-electron chi connectivity index (χ2n) is 7.14. The van der Waals surface area contributed by atoms with Crippen molar-refractivity contribution < 1.29 is 19.1 Å². The lowest BCUT2D eigenvalue weighted by molar-refractivity contribution is -0.179. The van der Waals surface area contributed by atoms with Crippen molar-refractivity contribution >= 4 is 5.91 Å². The van der Waals surface area contributed by atoms with E-state index in [1.54, 1.807) is 12.2 Å². The summed E-state index contributed by atoms with van der Waals surface area (Å²) in [5.41, 5.74) is 1.22. The topological polar surface area (TPSA) is 51.2 Å². The van der Waals surface area contributed by atoms with Crippen LogP contribution in [0.2, 0.25) is 0 Å². The second-order valence-corrected chi connectivity index (χ2v) is 7.14. The molecule has 3 saturated heterocycles. The van der Waals surface area contributed by atoms with Crippen LogP contribution in [0.15, 0.2) is 24.3 Å². The molecule has 3 aliphatic rings. The van der Waals surface area contributed by atoms with Gasteiger partial charge in [0.1, 0.15) is 5.75 Å². The molecule has 136 valence electrons. The van der Waals surface area contributed by atoms with Gasteiger partial charge in [0.05, 0.1) is 32.3 Å². The van der Waals surface area contributed by atoms with Crippen molar-refractivity contribution in [3.05, 3.63) is 29.8 Å². The predicted octanol–water partition coefficient (Wildman–Crippen LogP) is 1.70. The number of carbonyl (C=O) groups is 1. The molecular formula is C19H26N2O4. The molecule has 6 heteroatoms. The molecule has 0 radical (unpaired) electrons. The van der Waals surface area contributed by atoms with Crippen LogP contribution < -0.4 is 4.74 Å². The second kappa shape index (κ2) is 7.32. The third kappa shape index (κ3) is 3.52. The number of piperidine rings is 1. The highest BCUT2D eigenvalue weighted by Gasteiger charge is 2.45. The van der Waals surface area contributed by atoms with Crippen LogP contribution in [0, 0.1) is 11.8 Å². The molecule has 4 rings (SSSR count). The first-order chi connectivity index (χ1) is 12.2. The Hall–Kier alpha value is -1.63. The number of methoxy groups -OCH3 is 1. The number of fused-ring (bicyclic) bond motifs is 1. The molecule has 3 atom stereocenters. The maximum atomic E-state index is 12.9. The Morgan fingerprint density at radius 3 is 2.80 bits per heavy atom. The van der Waals surface area contributed by atoms with Crippen molar-refractivity contribution in [1.29, 1.82) is 0 Å². The minimum atomic E-state index is -0.0300. The van der Waals surface area contributed by atoms with Gasteiger partial charge in [-0.2, -0.15) is 0 Å². The van der Waals surface area contributed by atoms with Crippen molar-refractivity contribution in [2.24, 2.45) is 11.8 Å². The predicted molar refractivity (Wildman–Crippen MR) is 91.9 cm³/mol. The molecule has 3 fully saturated rings. The van der Waals surface area contributed by atoms with Gasteiger partial charge in [-0.25, -0.2) is 5.06 Å². The summed E-state index contributed by atoms with van der Waals surface area (Å²) in [6.07, 6.45) is 2.06. The summed E-state index contributed by atoms with van der Waals surface area (Å²) in [6.45, 7) is 4.61. The van der Waals surface area contributed by atoms with Gasteiger partial charge in [-0.1, -0.05) is 12.1 Å². The fourth-order valence-corrected chi connectivity index (χ4v) is 4.24. The first kappa shape index (κ1) is 16.8. The van der Waals surface area contributed by atoms with Crippen LogP contribution in [0.5, 0.6) is 5.75 Å². The molecule has 1 amide bonds. The van der Waals surface area contributed by atoms with E-state index in [1.165, 1.54) is 5.56 Å². The minimum absolute atomic E-state index is 0.0300. The van der Waals surface area contributed by atoms with Crippen LogP contribution in [-0.2, 0) is 20.9 Å². The molecule has 0 saturated carbocycles. The number of carbonyl (C=O) groups excluding carboxylic acids is 1. The number of hydroxylamine groups is 2. The van der Waals surface area contributed by atoms with Gasteiger partial charge in [0.2, 0.25) is 0 Å². The van der Waals surface area contributed by atoms with Crippen molar-refractivity contribution in [3.63, 3.8) is 0 Å². The molecule has 0 aromatic heterocycles. The summed E-state index contributed by atoms with van der Waals surface area (Å²) in [7, 11) is 1.67. The Morgan fingerprint density at radius 2 is 2.08 bits per heavy atom. The van der Waals surface area contributed by atoms with Gasteiger partial charge >= 0.3 is 0 Å². The quantitative estimate of drug-likeness (QED) is 0.831. The molecule has 6 nitrogen and oxygen atoms in total. The average Bonchev–Trinajstić information content (AvgIpc) is 3.33. The van der Waals surface area contributed by atoms with Crippen molar-refractivity contribution in [3.8, 4) is 5.75 Å². The number of nitrogens with zero attached hydrogens (tertiary/aromatic N) is 2. The fraction of sp³-hybridized carbons (Fsp3) is 0.632. The first-order valence-corrected chi connectivity index (χ1v) is 9.16. The number of likely N-dealkylation sites (tertiary alicyclic amines) is 1. The Kier molecular flexibility index (Phi) is 4.92. The van der Waals surface area contributed by atoms with Crippen molar-refractivity contribution in [1.82, 2.24) is 9.96 Å². The Bertz CT molecular complexity index is 600. The van der Waals surface area contributed by atoms with Gasteiger partial charge in [0.15, 0.2) is 0 Å². The molecule has 3 aliphatic heterocycles. The molecule has 1 aromatic rings. The lowest BCUT2D eigenvalue weighted by atomic mass is 9.82. The standard InChI is InChI=1S/C19H26N2O4/c1-23-15-5-3-14(4-6-15)11-20-12-17(16-7-10-24-18(16)13-20)19(22)21-8-2-9-25-21/h3-6,16-18H,2,7-13H2,1H3/t16-,17-,18+/m1/s1. The Labute approximate surface area is 148 Å².